The molecule has 0 aliphatic carbocycles. The zero-order valence-electron chi connectivity index (χ0n) is 33.7. The topological polar surface area (TPSA) is 235 Å². The van der Waals surface area contributed by atoms with Gasteiger partial charge < -0.3 is 45.4 Å². The second-order valence-corrected chi connectivity index (χ2v) is 12.3. The number of aliphatic imine (C=N–C) groups is 1. The molecule has 4 rings (SSSR count). The Morgan fingerprint density at radius 1 is 0.661 bits per heavy atom. The molecule has 0 aliphatic rings. The van der Waals surface area contributed by atoms with Gasteiger partial charge in [0.25, 0.3) is 0 Å². The summed E-state index contributed by atoms with van der Waals surface area (Å²) in [7, 11) is 0. The molecule has 3 aromatic heterocycles. The molecular weight excluding hydrogens is 824 g/mol. The van der Waals surface area contributed by atoms with Crippen molar-refractivity contribution >= 4 is 40.9 Å². The van der Waals surface area contributed by atoms with E-state index in [4.69, 9.17) is 22.2 Å². The molecule has 0 radical (unpaired) electrons. The van der Waals surface area contributed by atoms with Crippen LogP contribution >= 0.6 is 12.2 Å². The molecule has 0 unspecified atom stereocenters. The summed E-state index contributed by atoms with van der Waals surface area (Å²) in [5.41, 5.74) is 5.41. The second kappa shape index (κ2) is 32.3. The SMILES string of the molecule is O=C([O-])CN(CCN(CCN(CCO[O-])CCO[O-])CC(=O)NCc1cccc(-c2cc(-c3ccc(N=C=S)cc3)cc(-c3ccccn3)n2)n1)CC(=O)[O-].[Na+].[Na+].[Na+].[Na+]. The van der Waals surface area contributed by atoms with Crippen molar-refractivity contribution in [3.63, 3.8) is 0 Å². The molecule has 4 aromatic rings. The minimum Gasteiger partial charge on any atom is -0.723 e. The average Bonchev–Trinajstić information content (AvgIpc) is 3.19. The molecule has 22 heteroatoms. The molecule has 0 bridgehead atoms. The maximum absolute atomic E-state index is 13.3. The zero-order valence-corrected chi connectivity index (χ0v) is 42.5. The first-order valence-electron chi connectivity index (χ1n) is 17.1. The molecule has 0 spiro atoms. The number of benzene rings is 1. The number of nitrogens with one attached hydrogen (secondary N) is 1. The number of rotatable bonds is 24. The predicted molar refractivity (Wildman–Crippen MR) is 194 cm³/mol. The summed E-state index contributed by atoms with van der Waals surface area (Å²) in [6, 6.07) is 22.3. The number of aromatic nitrogens is 3. The average molecular weight is 863 g/mol. The van der Waals surface area contributed by atoms with Crippen LogP contribution < -0.4 is 144 Å². The molecule has 0 atom stereocenters. The molecule has 1 N–H and O–H groups in total. The summed E-state index contributed by atoms with van der Waals surface area (Å²) in [5.74, 6) is -3.33. The number of amides is 1. The molecule has 3 heterocycles. The van der Waals surface area contributed by atoms with Gasteiger partial charge in [0.2, 0.25) is 5.91 Å². The molecule has 17 nitrogen and oxygen atoms in total. The summed E-state index contributed by atoms with van der Waals surface area (Å²) >= 11 is 4.72. The van der Waals surface area contributed by atoms with Crippen molar-refractivity contribution in [2.75, 3.05) is 72.1 Å². The van der Waals surface area contributed by atoms with Crippen LogP contribution in [0.25, 0.3) is 33.9 Å². The number of carbonyl (C=O) groups excluding carboxylic acids is 3. The Balaban J connectivity index is 0.00000841. The number of carboxylic acids is 2. The van der Waals surface area contributed by atoms with Gasteiger partial charge in [-0.3, -0.25) is 24.5 Å². The van der Waals surface area contributed by atoms with E-state index in [1.807, 2.05) is 60.7 Å². The molecular formula is C37H38N8Na4O9S. The maximum Gasteiger partial charge on any atom is 1.00 e. The fourth-order valence-electron chi connectivity index (χ4n) is 5.51. The van der Waals surface area contributed by atoms with Gasteiger partial charge in [0, 0.05) is 71.8 Å². The van der Waals surface area contributed by atoms with Gasteiger partial charge in [-0.05, 0) is 71.9 Å². The quantitative estimate of drug-likeness (QED) is 0.0227. The first-order valence-corrected chi connectivity index (χ1v) is 17.5. The van der Waals surface area contributed by atoms with Gasteiger partial charge in [0.1, 0.15) is 0 Å². The first-order chi connectivity index (χ1) is 26.7. The van der Waals surface area contributed by atoms with E-state index < -0.39 is 30.9 Å². The minimum atomic E-state index is -1.47. The Bertz CT molecular complexity index is 1900. The van der Waals surface area contributed by atoms with Gasteiger partial charge in [-0.2, -0.15) is 4.99 Å². The Labute approximate surface area is 436 Å². The van der Waals surface area contributed by atoms with Crippen molar-refractivity contribution in [1.82, 2.24) is 35.0 Å². The van der Waals surface area contributed by atoms with Gasteiger partial charge in [-0.1, -0.05) is 24.3 Å². The molecule has 1 aromatic carbocycles. The van der Waals surface area contributed by atoms with Crippen molar-refractivity contribution < 1.29 is 163 Å². The Morgan fingerprint density at radius 3 is 1.80 bits per heavy atom. The van der Waals surface area contributed by atoms with Gasteiger partial charge >= 0.3 is 118 Å². The predicted octanol–water partition coefficient (Wildman–Crippen LogP) is -13.8. The number of carboxylic acid groups (broad SMARTS) is 2. The molecule has 59 heavy (non-hydrogen) atoms. The molecule has 0 fully saturated rings. The van der Waals surface area contributed by atoms with E-state index in [1.165, 1.54) is 0 Å². The monoisotopic (exact) mass is 862 g/mol. The molecule has 1 amide bonds. The maximum atomic E-state index is 13.3. The second-order valence-electron chi connectivity index (χ2n) is 12.1. The van der Waals surface area contributed by atoms with Crippen LogP contribution in [0.2, 0.25) is 0 Å². The number of nitrogens with zero attached hydrogens (tertiary/aromatic N) is 7. The van der Waals surface area contributed by atoms with E-state index >= 15 is 0 Å². The van der Waals surface area contributed by atoms with Crippen LogP contribution in [0.1, 0.15) is 5.69 Å². The van der Waals surface area contributed by atoms with Gasteiger partial charge in [-0.25, -0.2) is 9.97 Å². The minimum absolute atomic E-state index is 0. The van der Waals surface area contributed by atoms with E-state index in [9.17, 15) is 35.1 Å². The first kappa shape index (κ1) is 57.6. The fraction of sp³-hybridized carbons (Fsp3) is 0.324. The summed E-state index contributed by atoms with van der Waals surface area (Å²) in [6.45, 7) is -0.768. The molecule has 0 aliphatic heterocycles. The van der Waals surface area contributed by atoms with Crippen LogP contribution in [0.4, 0.5) is 5.69 Å². The summed E-state index contributed by atoms with van der Waals surface area (Å²) in [4.78, 5) is 66.2. The molecule has 0 saturated carbocycles. The van der Waals surface area contributed by atoms with Gasteiger partial charge in [-0.15, -0.1) is 0 Å². The van der Waals surface area contributed by atoms with Crippen LogP contribution in [0.15, 0.2) is 84.0 Å². The van der Waals surface area contributed by atoms with E-state index in [-0.39, 0.29) is 184 Å². The van der Waals surface area contributed by atoms with Crippen LogP contribution in [0.5, 0.6) is 0 Å². The largest absolute Gasteiger partial charge is 1.00 e. The van der Waals surface area contributed by atoms with Crippen LogP contribution in [-0.2, 0) is 30.7 Å². The molecule has 290 valence electrons. The number of hydrogen-bond donors (Lipinski definition) is 1. The number of hydrogen-bond acceptors (Lipinski definition) is 17. The smallest absolute Gasteiger partial charge is 0.723 e. The summed E-state index contributed by atoms with van der Waals surface area (Å²) < 4.78 is 0. The zero-order chi connectivity index (χ0) is 39.4. The van der Waals surface area contributed by atoms with Crippen molar-refractivity contribution in [3.8, 4) is 33.9 Å². The number of carbonyl (C=O) groups is 3. The van der Waals surface area contributed by atoms with Gasteiger partial charge in [0.15, 0.2) is 0 Å². The van der Waals surface area contributed by atoms with E-state index in [0.717, 1.165) is 16.0 Å². The fourth-order valence-corrected chi connectivity index (χ4v) is 5.61. The van der Waals surface area contributed by atoms with E-state index in [2.05, 4.69) is 30.2 Å². The van der Waals surface area contributed by atoms with Crippen molar-refractivity contribution in [3.05, 3.63) is 84.7 Å². The summed E-state index contributed by atoms with van der Waals surface area (Å²) in [6.07, 6.45) is 1.69. The Hall–Kier alpha value is -1.40. The van der Waals surface area contributed by atoms with Crippen molar-refractivity contribution in [2.45, 2.75) is 6.54 Å². The third-order valence-electron chi connectivity index (χ3n) is 8.18. The van der Waals surface area contributed by atoms with Crippen LogP contribution in [0, 0.1) is 0 Å². The normalized spacial score (nSPS) is 10.4. The summed E-state index contributed by atoms with van der Waals surface area (Å²) in [5, 5.41) is 48.8. The Kier molecular flexibility index (Phi) is 31.5. The number of aliphatic carboxylic acids is 2. The van der Waals surface area contributed by atoms with E-state index in [0.29, 0.717) is 34.2 Å². The van der Waals surface area contributed by atoms with Crippen LogP contribution in [-0.4, -0.2) is 125 Å². The third-order valence-corrected chi connectivity index (χ3v) is 8.27. The number of pyridine rings is 3. The van der Waals surface area contributed by atoms with Crippen LogP contribution in [0.3, 0.4) is 0 Å². The number of thiocarbonyl (C=S) groups is 1. The van der Waals surface area contributed by atoms with E-state index in [1.54, 1.807) is 28.1 Å². The van der Waals surface area contributed by atoms with Crippen molar-refractivity contribution in [1.29, 1.82) is 0 Å². The van der Waals surface area contributed by atoms with Gasteiger partial charge in [0.05, 0.1) is 64.3 Å². The Morgan fingerprint density at radius 2 is 1.24 bits per heavy atom. The van der Waals surface area contributed by atoms with Crippen molar-refractivity contribution in [2.24, 2.45) is 4.99 Å². The standard InChI is InChI=1S/C37H42N8O9S.4Na/c46-35(23-44(13-12-43(16-18-53-51)17-19-54-52)14-15-45(24-36(47)48)25-37(49)50)39-22-30-4-3-6-32(41-30)34-21-28(27-7-9-29(10-8-27)40-26-55)20-33(42-34)31-5-1-2-11-38-31;;;;/h1-11,20-21,51-52H,12-19,22-25H2,(H,39,46)(H,47,48)(H,49,50);;;;/q;4*+1/p-4. The number of isothiocyanates is 1. The third kappa shape index (κ3) is 21.5. The molecule has 0 saturated heterocycles.